The third-order valence-corrected chi connectivity index (χ3v) is 3.67. The minimum Gasteiger partial charge on any atom is -0.508 e. The van der Waals surface area contributed by atoms with Gasteiger partial charge in [-0.25, -0.2) is 0 Å². The van der Waals surface area contributed by atoms with E-state index in [1.165, 1.54) is 11.3 Å². The van der Waals surface area contributed by atoms with E-state index in [1.807, 2.05) is 12.3 Å². The van der Waals surface area contributed by atoms with Crippen LogP contribution in [0.1, 0.15) is 24.0 Å². The summed E-state index contributed by atoms with van der Waals surface area (Å²) in [6.45, 7) is 3.56. The van der Waals surface area contributed by atoms with E-state index in [0.29, 0.717) is 0 Å². The van der Waals surface area contributed by atoms with Gasteiger partial charge in [-0.1, -0.05) is 0 Å². The number of phenols is 1. The van der Waals surface area contributed by atoms with Gasteiger partial charge < -0.3 is 10.2 Å². The van der Waals surface area contributed by atoms with E-state index in [2.05, 4.69) is 0 Å². The number of aryl methyl sites for hydroxylation is 1. The summed E-state index contributed by atoms with van der Waals surface area (Å²) in [4.78, 5) is 11.0. The van der Waals surface area contributed by atoms with Crippen LogP contribution in [0.25, 0.3) is 10.1 Å². The Kier molecular flexibility index (Phi) is 2.59. The Hall–Kier alpha value is -1.55. The maximum Gasteiger partial charge on any atom is 0.310 e. The average Bonchev–Trinajstić information content (AvgIpc) is 2.59. The average molecular weight is 236 g/mol. The molecule has 0 aliphatic rings. The van der Waals surface area contributed by atoms with Crippen molar-refractivity contribution >= 4 is 27.4 Å². The van der Waals surface area contributed by atoms with Crippen molar-refractivity contribution in [1.82, 2.24) is 0 Å². The maximum atomic E-state index is 11.0. The van der Waals surface area contributed by atoms with Crippen LogP contribution < -0.4 is 0 Å². The summed E-state index contributed by atoms with van der Waals surface area (Å²) in [5.41, 5.74) is 1.74. The highest BCUT2D eigenvalue weighted by atomic mass is 32.1. The van der Waals surface area contributed by atoms with Crippen molar-refractivity contribution in [2.24, 2.45) is 0 Å². The fourth-order valence-electron chi connectivity index (χ4n) is 1.84. The number of carboxylic acids is 1. The first kappa shape index (κ1) is 11.0. The van der Waals surface area contributed by atoms with Gasteiger partial charge in [0.15, 0.2) is 0 Å². The van der Waals surface area contributed by atoms with E-state index in [0.717, 1.165) is 21.2 Å². The molecule has 0 aliphatic heterocycles. The molecular weight excluding hydrogens is 224 g/mol. The molecule has 0 saturated heterocycles. The molecule has 2 N–H and O–H groups in total. The molecule has 1 atom stereocenters. The smallest absolute Gasteiger partial charge is 0.310 e. The predicted octanol–water partition coefficient (Wildman–Crippen LogP) is 3.10. The molecule has 1 aromatic heterocycles. The second-order valence-corrected chi connectivity index (χ2v) is 4.80. The summed E-state index contributed by atoms with van der Waals surface area (Å²) >= 11 is 1.46. The van der Waals surface area contributed by atoms with Gasteiger partial charge in [-0.15, -0.1) is 11.3 Å². The molecule has 0 aliphatic carbocycles. The largest absolute Gasteiger partial charge is 0.508 e. The Morgan fingerprint density at radius 2 is 2.12 bits per heavy atom. The van der Waals surface area contributed by atoms with Crippen LogP contribution >= 0.6 is 11.3 Å². The van der Waals surface area contributed by atoms with E-state index in [1.54, 1.807) is 19.1 Å². The standard InChI is InChI=1S/C12H12O3S/c1-6-3-8(13)4-10-11(6)9(5-16-10)7(2)12(14)15/h3-5,7,13H,1-2H3,(H,14,15). The van der Waals surface area contributed by atoms with Crippen LogP contribution in [0.5, 0.6) is 5.75 Å². The summed E-state index contributed by atoms with van der Waals surface area (Å²) in [5.74, 6) is -1.12. The second-order valence-electron chi connectivity index (χ2n) is 3.89. The van der Waals surface area contributed by atoms with Gasteiger partial charge in [0.1, 0.15) is 5.75 Å². The number of carboxylic acid groups (broad SMARTS) is 1. The van der Waals surface area contributed by atoms with Crippen LogP contribution in [-0.2, 0) is 4.79 Å². The van der Waals surface area contributed by atoms with Crippen molar-refractivity contribution in [3.05, 3.63) is 28.6 Å². The highest BCUT2D eigenvalue weighted by Gasteiger charge is 2.19. The summed E-state index contributed by atoms with van der Waals surface area (Å²) in [6, 6.07) is 3.33. The first-order chi connectivity index (χ1) is 7.50. The third-order valence-electron chi connectivity index (χ3n) is 2.72. The quantitative estimate of drug-likeness (QED) is 0.842. The fourth-order valence-corrected chi connectivity index (χ4v) is 3.00. The number of hydrogen-bond acceptors (Lipinski definition) is 3. The van der Waals surface area contributed by atoms with Gasteiger partial charge in [0.2, 0.25) is 0 Å². The van der Waals surface area contributed by atoms with Crippen LogP contribution in [0.4, 0.5) is 0 Å². The van der Waals surface area contributed by atoms with Crippen LogP contribution in [0.2, 0.25) is 0 Å². The van der Waals surface area contributed by atoms with Crippen molar-refractivity contribution in [2.45, 2.75) is 19.8 Å². The lowest BCUT2D eigenvalue weighted by Crippen LogP contribution is -2.06. The zero-order valence-corrected chi connectivity index (χ0v) is 9.84. The molecule has 0 saturated carbocycles. The molecule has 1 unspecified atom stereocenters. The molecule has 3 nitrogen and oxygen atoms in total. The van der Waals surface area contributed by atoms with Crippen molar-refractivity contribution in [3.63, 3.8) is 0 Å². The van der Waals surface area contributed by atoms with E-state index in [4.69, 9.17) is 5.11 Å². The SMILES string of the molecule is Cc1cc(O)cc2scc(C(C)C(=O)O)c12. The number of aromatic hydroxyl groups is 1. The van der Waals surface area contributed by atoms with E-state index in [-0.39, 0.29) is 5.75 Å². The van der Waals surface area contributed by atoms with Crippen molar-refractivity contribution in [1.29, 1.82) is 0 Å². The van der Waals surface area contributed by atoms with Gasteiger partial charge in [-0.2, -0.15) is 0 Å². The Labute approximate surface area is 97.0 Å². The number of phenolic OH excluding ortho intramolecular Hbond substituents is 1. The van der Waals surface area contributed by atoms with Gasteiger partial charge in [-0.05, 0) is 47.9 Å². The Morgan fingerprint density at radius 3 is 2.75 bits per heavy atom. The second kappa shape index (κ2) is 3.79. The van der Waals surface area contributed by atoms with Gasteiger partial charge >= 0.3 is 5.97 Å². The summed E-state index contributed by atoms with van der Waals surface area (Å²) in [6.07, 6.45) is 0. The molecule has 0 fully saturated rings. The monoisotopic (exact) mass is 236 g/mol. The van der Waals surface area contributed by atoms with Crippen LogP contribution in [-0.4, -0.2) is 16.2 Å². The zero-order valence-electron chi connectivity index (χ0n) is 9.02. The Bertz CT molecular complexity index is 557. The Morgan fingerprint density at radius 1 is 1.44 bits per heavy atom. The van der Waals surface area contributed by atoms with E-state index >= 15 is 0 Å². The lowest BCUT2D eigenvalue weighted by Gasteiger charge is -2.06. The number of aliphatic carboxylic acids is 1. The van der Waals surface area contributed by atoms with E-state index in [9.17, 15) is 9.90 Å². The number of thiophene rings is 1. The minimum absolute atomic E-state index is 0.223. The summed E-state index contributed by atoms with van der Waals surface area (Å²) < 4.78 is 0.931. The van der Waals surface area contributed by atoms with Crippen LogP contribution in [0.3, 0.4) is 0 Å². The molecule has 2 rings (SSSR count). The lowest BCUT2D eigenvalue weighted by molar-refractivity contribution is -0.138. The molecule has 4 heteroatoms. The summed E-state index contributed by atoms with van der Waals surface area (Å²) in [5, 5.41) is 21.3. The van der Waals surface area contributed by atoms with Gasteiger partial charge in [0.05, 0.1) is 5.92 Å². The van der Waals surface area contributed by atoms with Crippen LogP contribution in [0, 0.1) is 6.92 Å². The minimum atomic E-state index is -0.827. The zero-order chi connectivity index (χ0) is 11.9. The molecule has 84 valence electrons. The van der Waals surface area contributed by atoms with Gasteiger partial charge in [0.25, 0.3) is 0 Å². The van der Waals surface area contributed by atoms with Gasteiger partial charge in [0, 0.05) is 4.70 Å². The van der Waals surface area contributed by atoms with E-state index < -0.39 is 11.9 Å². The van der Waals surface area contributed by atoms with Crippen molar-refractivity contribution in [2.75, 3.05) is 0 Å². The lowest BCUT2D eigenvalue weighted by atomic mass is 9.98. The number of benzene rings is 1. The highest BCUT2D eigenvalue weighted by molar-refractivity contribution is 7.17. The first-order valence-electron chi connectivity index (χ1n) is 4.94. The number of fused-ring (bicyclic) bond motifs is 1. The van der Waals surface area contributed by atoms with Crippen LogP contribution in [0.15, 0.2) is 17.5 Å². The maximum absolute atomic E-state index is 11.0. The van der Waals surface area contributed by atoms with Crippen molar-refractivity contribution in [3.8, 4) is 5.75 Å². The molecule has 2 aromatic rings. The Balaban J connectivity index is 2.69. The fraction of sp³-hybridized carbons (Fsp3) is 0.250. The number of rotatable bonds is 2. The summed E-state index contributed by atoms with van der Waals surface area (Å²) in [7, 11) is 0. The molecular formula is C12H12O3S. The molecule has 1 aromatic carbocycles. The molecule has 0 bridgehead atoms. The topological polar surface area (TPSA) is 57.5 Å². The van der Waals surface area contributed by atoms with Crippen molar-refractivity contribution < 1.29 is 15.0 Å². The number of hydrogen-bond donors (Lipinski definition) is 2. The first-order valence-corrected chi connectivity index (χ1v) is 5.82. The van der Waals surface area contributed by atoms with Gasteiger partial charge in [-0.3, -0.25) is 4.79 Å². The number of carbonyl (C=O) groups is 1. The molecule has 16 heavy (non-hydrogen) atoms. The third kappa shape index (κ3) is 1.65. The molecule has 0 radical (unpaired) electrons. The predicted molar refractivity (Wildman–Crippen MR) is 64.3 cm³/mol. The highest BCUT2D eigenvalue weighted by Crippen LogP contribution is 2.36. The molecule has 0 spiro atoms. The molecule has 1 heterocycles. The normalized spacial score (nSPS) is 12.9. The molecule has 0 amide bonds.